The highest BCUT2D eigenvalue weighted by Gasteiger charge is 2.41. The molecule has 0 spiro atoms. The number of thiazole rings is 1. The maximum Gasteiger partial charge on any atom is 0.268 e. The Morgan fingerprint density at radius 2 is 1.75 bits per heavy atom. The van der Waals surface area contributed by atoms with Gasteiger partial charge in [0.2, 0.25) is 5.52 Å². The topological polar surface area (TPSA) is 47.3 Å². The van der Waals surface area contributed by atoms with Gasteiger partial charge in [0.25, 0.3) is 5.01 Å². The number of thioether (sulfide) groups is 3. The molecule has 0 saturated carbocycles. The van der Waals surface area contributed by atoms with Gasteiger partial charge in [0.15, 0.2) is 11.7 Å². The van der Waals surface area contributed by atoms with Crippen molar-refractivity contribution < 1.29 is 14.5 Å². The average molecular weight is 493 g/mol. The molecule has 158 valence electrons. The van der Waals surface area contributed by atoms with Gasteiger partial charge in [-0.3, -0.25) is 4.79 Å². The number of benzene rings is 2. The van der Waals surface area contributed by atoms with E-state index in [-0.39, 0.29) is 11.5 Å². The Hall–Kier alpha value is -2.13. The van der Waals surface area contributed by atoms with Crippen LogP contribution in [0.15, 0.2) is 80.9 Å². The van der Waals surface area contributed by atoms with Crippen molar-refractivity contribution in [1.82, 2.24) is 0 Å². The molecular formula is C24H16N2O2S4. The van der Waals surface area contributed by atoms with Crippen molar-refractivity contribution in [1.29, 1.82) is 0 Å². The molecule has 8 heteroatoms. The third kappa shape index (κ3) is 2.61. The zero-order valence-electron chi connectivity index (χ0n) is 16.8. The Balaban J connectivity index is 1.37. The van der Waals surface area contributed by atoms with E-state index < -0.39 is 0 Å². The van der Waals surface area contributed by atoms with Crippen LogP contribution in [0.25, 0.3) is 15.8 Å². The molecule has 4 nitrogen and oxygen atoms in total. The number of nitrogens with zero attached hydrogens (tertiary/aromatic N) is 2. The molecule has 3 aliphatic heterocycles. The van der Waals surface area contributed by atoms with Crippen LogP contribution in [0.2, 0.25) is 0 Å². The lowest BCUT2D eigenvalue weighted by molar-refractivity contribution is -0.648. The fraction of sp³-hybridized carbons (Fsp3) is 0.167. The van der Waals surface area contributed by atoms with E-state index in [9.17, 15) is 9.90 Å². The largest absolute Gasteiger partial charge is 0.871 e. The second-order valence-electron chi connectivity index (χ2n) is 7.93. The second-order valence-corrected chi connectivity index (χ2v) is 11.9. The third-order valence-electron chi connectivity index (χ3n) is 6.18. The lowest BCUT2D eigenvalue weighted by Gasteiger charge is -2.37. The van der Waals surface area contributed by atoms with Gasteiger partial charge in [-0.05, 0) is 18.2 Å². The lowest BCUT2D eigenvalue weighted by atomic mass is 9.81. The Morgan fingerprint density at radius 1 is 0.938 bits per heavy atom. The van der Waals surface area contributed by atoms with E-state index in [2.05, 4.69) is 33.7 Å². The Bertz CT molecular complexity index is 1450. The maximum atomic E-state index is 13.5. The van der Waals surface area contributed by atoms with Gasteiger partial charge in [0.1, 0.15) is 4.70 Å². The van der Waals surface area contributed by atoms with Crippen LogP contribution in [-0.2, 0) is 10.7 Å². The maximum absolute atomic E-state index is 13.5. The first kappa shape index (κ1) is 19.3. The van der Waals surface area contributed by atoms with Gasteiger partial charge in [0.05, 0.1) is 22.2 Å². The molecule has 4 aliphatic rings. The first-order valence-corrected chi connectivity index (χ1v) is 14.2. The number of hydrogen-bond acceptors (Lipinski definition) is 7. The number of fused-ring (bicyclic) bond motifs is 6. The standard InChI is InChI=1S/C24H16N2O2S4/c27-21-19(13-9-29-11-25-15-5-1-3-7-17(15)31-23(13)25)22(28)20(21)14-10-30-12-26-16-6-2-4-8-18(16)32-24(14)26/h1-8H,9-12H2. The van der Waals surface area contributed by atoms with E-state index in [1.807, 2.05) is 24.3 Å². The lowest BCUT2D eigenvalue weighted by Crippen LogP contribution is -2.41. The highest BCUT2D eigenvalue weighted by Crippen LogP contribution is 2.53. The van der Waals surface area contributed by atoms with Crippen molar-refractivity contribution in [3.63, 3.8) is 0 Å². The minimum Gasteiger partial charge on any atom is -0.871 e. The molecule has 1 aliphatic carbocycles. The number of carbonyl (C=O) groups excluding carboxylic acids is 1. The van der Waals surface area contributed by atoms with Crippen molar-refractivity contribution >= 4 is 73.9 Å². The molecule has 32 heavy (non-hydrogen) atoms. The number of aromatic nitrogens is 1. The highest BCUT2D eigenvalue weighted by atomic mass is 32.2. The summed E-state index contributed by atoms with van der Waals surface area (Å²) in [5.41, 5.74) is 4.98. The molecule has 7 rings (SSSR count). The Kier molecular flexibility index (Phi) is 4.34. The molecule has 4 heterocycles. The molecule has 1 aromatic heterocycles. The van der Waals surface area contributed by atoms with Crippen molar-refractivity contribution in [2.75, 3.05) is 22.3 Å². The number of Topliss-reactive ketones (excluding diaryl/α,β-unsaturated/α-hetero) is 1. The molecule has 0 radical (unpaired) electrons. The van der Waals surface area contributed by atoms with Gasteiger partial charge in [-0.15, -0.1) is 11.8 Å². The highest BCUT2D eigenvalue weighted by molar-refractivity contribution is 8.04. The summed E-state index contributed by atoms with van der Waals surface area (Å²) < 4.78 is 3.44. The Morgan fingerprint density at radius 3 is 2.66 bits per heavy atom. The summed E-state index contributed by atoms with van der Waals surface area (Å²) in [6.07, 6.45) is 0. The molecule has 0 fully saturated rings. The summed E-state index contributed by atoms with van der Waals surface area (Å²) in [7, 11) is 0. The Labute approximate surface area is 201 Å². The molecule has 0 unspecified atom stereocenters. The molecular weight excluding hydrogens is 477 g/mol. The predicted octanol–water partition coefficient (Wildman–Crippen LogP) is 4.37. The van der Waals surface area contributed by atoms with Crippen molar-refractivity contribution in [2.45, 2.75) is 10.8 Å². The first-order valence-electron chi connectivity index (χ1n) is 10.3. The van der Waals surface area contributed by atoms with Crippen LogP contribution in [0.5, 0.6) is 0 Å². The first-order chi connectivity index (χ1) is 15.7. The average Bonchev–Trinajstić information content (AvgIpc) is 3.39. The third-order valence-corrected chi connectivity index (χ3v) is 10.5. The van der Waals surface area contributed by atoms with Gasteiger partial charge in [-0.2, -0.15) is 4.57 Å². The van der Waals surface area contributed by atoms with Crippen molar-refractivity contribution in [3.8, 4) is 0 Å². The fourth-order valence-electron chi connectivity index (χ4n) is 4.68. The van der Waals surface area contributed by atoms with Crippen molar-refractivity contribution in [2.24, 2.45) is 0 Å². The van der Waals surface area contributed by atoms with Crippen LogP contribution in [-0.4, -0.2) is 23.2 Å². The van der Waals surface area contributed by atoms with E-state index in [1.54, 1.807) is 46.6 Å². The SMILES string of the molecule is O=C1C(C2=C3Sc4ccccc4N3CSC2)=C([O-])/C1=C1/CSC[n+]2c1sc1ccccc12. The number of anilines is 1. The van der Waals surface area contributed by atoms with Gasteiger partial charge in [-0.25, -0.2) is 0 Å². The summed E-state index contributed by atoms with van der Waals surface area (Å²) in [6.45, 7) is 0. The van der Waals surface area contributed by atoms with Crippen LogP contribution in [0, 0.1) is 0 Å². The van der Waals surface area contributed by atoms with E-state index in [4.69, 9.17) is 0 Å². The van der Waals surface area contributed by atoms with Crippen LogP contribution in [0.4, 0.5) is 5.69 Å². The van der Waals surface area contributed by atoms with E-state index in [0.29, 0.717) is 22.7 Å². The number of rotatable bonds is 1. The fourth-order valence-corrected chi connectivity index (χ4v) is 9.49. The molecule has 3 aromatic rings. The zero-order chi connectivity index (χ0) is 21.4. The number of hydrogen-bond donors (Lipinski definition) is 0. The monoisotopic (exact) mass is 492 g/mol. The number of ketones is 1. The quantitative estimate of drug-likeness (QED) is 0.371. The minimum atomic E-state index is -0.0713. The minimum absolute atomic E-state index is 0.0713. The van der Waals surface area contributed by atoms with Gasteiger partial charge >= 0.3 is 0 Å². The number of allylic oxidation sites excluding steroid dienone is 2. The molecule has 0 amide bonds. The van der Waals surface area contributed by atoms with Crippen LogP contribution < -0.4 is 14.6 Å². The summed E-state index contributed by atoms with van der Waals surface area (Å²) in [4.78, 5) is 16.9. The van der Waals surface area contributed by atoms with E-state index in [0.717, 1.165) is 32.9 Å². The smallest absolute Gasteiger partial charge is 0.268 e. The number of para-hydroxylation sites is 2. The van der Waals surface area contributed by atoms with Gasteiger partial charge < -0.3 is 10.0 Å². The second kappa shape index (κ2) is 7.18. The van der Waals surface area contributed by atoms with Crippen LogP contribution in [0.1, 0.15) is 5.01 Å². The summed E-state index contributed by atoms with van der Waals surface area (Å²) >= 11 is 6.89. The molecule has 0 N–H and O–H groups in total. The van der Waals surface area contributed by atoms with Gasteiger partial charge in [-0.1, -0.05) is 64.9 Å². The zero-order valence-corrected chi connectivity index (χ0v) is 20.1. The molecule has 0 atom stereocenters. The van der Waals surface area contributed by atoms with Crippen LogP contribution in [0.3, 0.4) is 0 Å². The summed E-state index contributed by atoms with van der Waals surface area (Å²) in [5.74, 6) is 2.98. The molecule has 2 aromatic carbocycles. The van der Waals surface area contributed by atoms with Crippen LogP contribution >= 0.6 is 46.6 Å². The van der Waals surface area contributed by atoms with Crippen molar-refractivity contribution in [3.05, 3.63) is 81.0 Å². The van der Waals surface area contributed by atoms with E-state index >= 15 is 0 Å². The molecule has 0 bridgehead atoms. The summed E-state index contributed by atoms with van der Waals surface area (Å²) in [6, 6.07) is 16.6. The summed E-state index contributed by atoms with van der Waals surface area (Å²) in [5, 5.41) is 15.6. The molecule has 0 saturated heterocycles. The number of carbonyl (C=O) groups is 1. The predicted molar refractivity (Wildman–Crippen MR) is 133 cm³/mol. The normalized spacial score (nSPS) is 22.2. The van der Waals surface area contributed by atoms with E-state index in [1.165, 1.54) is 20.8 Å². The van der Waals surface area contributed by atoms with Gasteiger partial charge in [0, 0.05) is 39.2 Å².